The van der Waals surface area contributed by atoms with E-state index in [0.717, 1.165) is 0 Å². The van der Waals surface area contributed by atoms with Gasteiger partial charge < -0.3 is 14.9 Å². The lowest BCUT2D eigenvalue weighted by atomic mass is 9.85. The zero-order valence-electron chi connectivity index (χ0n) is 9.64. The van der Waals surface area contributed by atoms with Crippen LogP contribution in [0.3, 0.4) is 0 Å². The van der Waals surface area contributed by atoms with Crippen LogP contribution in [0.1, 0.15) is 31.9 Å². The minimum Gasteiger partial charge on any atom is -0.508 e. The molecular formula is C11H17O4P. The van der Waals surface area contributed by atoms with E-state index in [2.05, 4.69) is 0 Å². The predicted octanol–water partition coefficient (Wildman–Crippen LogP) is 2.37. The number of aromatic hydroxyl groups is 1. The summed E-state index contributed by atoms with van der Waals surface area (Å²) in [5.41, 5.74) is 0.976. The van der Waals surface area contributed by atoms with Crippen molar-refractivity contribution < 1.29 is 19.5 Å². The molecule has 16 heavy (non-hydrogen) atoms. The van der Waals surface area contributed by atoms with Gasteiger partial charge in [-0.05, 0) is 22.6 Å². The monoisotopic (exact) mass is 244 g/mol. The van der Waals surface area contributed by atoms with Gasteiger partial charge in [0.05, 0.1) is 6.16 Å². The lowest BCUT2D eigenvalue weighted by molar-refractivity contribution is 0.371. The van der Waals surface area contributed by atoms with E-state index >= 15 is 0 Å². The van der Waals surface area contributed by atoms with Crippen molar-refractivity contribution in [2.75, 3.05) is 0 Å². The molecule has 0 saturated heterocycles. The van der Waals surface area contributed by atoms with Crippen LogP contribution < -0.4 is 0 Å². The van der Waals surface area contributed by atoms with Crippen molar-refractivity contribution in [1.29, 1.82) is 0 Å². The zero-order valence-corrected chi connectivity index (χ0v) is 10.5. The maximum Gasteiger partial charge on any atom is 0.329 e. The largest absolute Gasteiger partial charge is 0.508 e. The maximum atomic E-state index is 10.9. The van der Waals surface area contributed by atoms with Crippen LogP contribution in [0, 0.1) is 0 Å². The second-order valence-corrected chi connectivity index (χ2v) is 6.57. The molecule has 0 fully saturated rings. The minimum absolute atomic E-state index is 0.155. The molecule has 0 bridgehead atoms. The van der Waals surface area contributed by atoms with Crippen molar-refractivity contribution in [3.05, 3.63) is 29.3 Å². The van der Waals surface area contributed by atoms with E-state index in [1.807, 2.05) is 20.8 Å². The zero-order chi connectivity index (χ0) is 12.6. The fourth-order valence-electron chi connectivity index (χ4n) is 1.52. The summed E-state index contributed by atoms with van der Waals surface area (Å²) in [5.74, 6) is 0.155. The quantitative estimate of drug-likeness (QED) is 0.698. The smallest absolute Gasteiger partial charge is 0.329 e. The Morgan fingerprint density at radius 2 is 1.81 bits per heavy atom. The SMILES string of the molecule is CC(C)(C)c1cc(CP(=O)(O)O)ccc1O. The topological polar surface area (TPSA) is 77.8 Å². The molecule has 0 aromatic heterocycles. The van der Waals surface area contributed by atoms with E-state index in [0.29, 0.717) is 11.1 Å². The van der Waals surface area contributed by atoms with Gasteiger partial charge in [0.25, 0.3) is 0 Å². The summed E-state index contributed by atoms with van der Waals surface area (Å²) in [5, 5.41) is 9.67. The number of hydrogen-bond acceptors (Lipinski definition) is 2. The Bertz CT molecular complexity index is 428. The first-order valence-electron chi connectivity index (χ1n) is 4.96. The molecule has 0 aliphatic carbocycles. The van der Waals surface area contributed by atoms with Gasteiger partial charge in [-0.1, -0.05) is 32.9 Å². The van der Waals surface area contributed by atoms with E-state index in [9.17, 15) is 9.67 Å². The van der Waals surface area contributed by atoms with Crippen molar-refractivity contribution in [2.24, 2.45) is 0 Å². The van der Waals surface area contributed by atoms with Crippen molar-refractivity contribution in [3.63, 3.8) is 0 Å². The first-order valence-corrected chi connectivity index (χ1v) is 6.76. The molecule has 1 aromatic rings. The van der Waals surface area contributed by atoms with Gasteiger partial charge in [-0.25, -0.2) is 0 Å². The van der Waals surface area contributed by atoms with Crippen LogP contribution in [0.5, 0.6) is 5.75 Å². The molecule has 0 spiro atoms. The molecule has 1 aromatic carbocycles. The van der Waals surface area contributed by atoms with Crippen LogP contribution in [0.4, 0.5) is 0 Å². The average Bonchev–Trinajstić information content (AvgIpc) is 2.04. The lowest BCUT2D eigenvalue weighted by Gasteiger charge is -2.21. The summed E-state index contributed by atoms with van der Waals surface area (Å²) in [6, 6.07) is 4.66. The molecule has 0 saturated carbocycles. The number of hydrogen-bond donors (Lipinski definition) is 3. The Morgan fingerprint density at radius 1 is 1.25 bits per heavy atom. The summed E-state index contributed by atoms with van der Waals surface area (Å²) in [6.45, 7) is 5.80. The molecule has 1 rings (SSSR count). The summed E-state index contributed by atoms with van der Waals surface area (Å²) < 4.78 is 10.9. The van der Waals surface area contributed by atoms with E-state index < -0.39 is 7.60 Å². The number of benzene rings is 1. The molecule has 0 heterocycles. The molecule has 0 amide bonds. The van der Waals surface area contributed by atoms with Crippen molar-refractivity contribution in [2.45, 2.75) is 32.3 Å². The van der Waals surface area contributed by atoms with Crippen LogP contribution in [0.25, 0.3) is 0 Å². The number of phenols is 1. The summed E-state index contributed by atoms with van der Waals surface area (Å²) in [7, 11) is -4.06. The first-order chi connectivity index (χ1) is 7.09. The summed E-state index contributed by atoms with van der Waals surface area (Å²) >= 11 is 0. The highest BCUT2D eigenvalue weighted by Crippen LogP contribution is 2.41. The van der Waals surface area contributed by atoms with Crippen LogP contribution in [0.2, 0.25) is 0 Å². The Hall–Kier alpha value is -0.830. The van der Waals surface area contributed by atoms with Gasteiger partial charge in [-0.3, -0.25) is 4.57 Å². The molecule has 0 aliphatic rings. The average molecular weight is 244 g/mol. The van der Waals surface area contributed by atoms with Crippen LogP contribution in [-0.4, -0.2) is 14.9 Å². The fourth-order valence-corrected chi connectivity index (χ4v) is 2.19. The van der Waals surface area contributed by atoms with E-state index in [4.69, 9.17) is 9.79 Å². The minimum atomic E-state index is -4.06. The van der Waals surface area contributed by atoms with E-state index in [1.54, 1.807) is 6.07 Å². The number of rotatable bonds is 2. The Kier molecular flexibility index (Phi) is 3.48. The highest BCUT2D eigenvalue weighted by atomic mass is 31.2. The Balaban J connectivity index is 3.13. The second-order valence-electron chi connectivity index (χ2n) is 4.92. The highest BCUT2D eigenvalue weighted by molar-refractivity contribution is 7.50. The molecule has 90 valence electrons. The van der Waals surface area contributed by atoms with Crippen molar-refractivity contribution >= 4 is 7.60 Å². The predicted molar refractivity (Wildman–Crippen MR) is 62.6 cm³/mol. The van der Waals surface area contributed by atoms with Gasteiger partial charge in [0.2, 0.25) is 0 Å². The van der Waals surface area contributed by atoms with E-state index in [1.165, 1.54) is 12.1 Å². The van der Waals surface area contributed by atoms with Gasteiger partial charge in [-0.15, -0.1) is 0 Å². The molecule has 0 aliphatic heterocycles. The number of phenolic OH excluding ortho intramolecular Hbond substituents is 1. The molecule has 3 N–H and O–H groups in total. The molecular weight excluding hydrogens is 227 g/mol. The third-order valence-corrected chi connectivity index (χ3v) is 3.03. The third-order valence-electron chi connectivity index (χ3n) is 2.26. The Morgan fingerprint density at radius 3 is 2.25 bits per heavy atom. The second kappa shape index (κ2) is 4.21. The Labute approximate surface area is 95.1 Å². The van der Waals surface area contributed by atoms with Gasteiger partial charge >= 0.3 is 7.60 Å². The van der Waals surface area contributed by atoms with Crippen LogP contribution >= 0.6 is 7.60 Å². The molecule has 5 heteroatoms. The standard InChI is InChI=1S/C11H17O4P/c1-11(2,3)9-6-8(4-5-10(9)12)7-16(13,14)15/h4-6,12H,7H2,1-3H3,(H2,13,14,15). The summed E-state index contributed by atoms with van der Waals surface area (Å²) in [4.78, 5) is 17.8. The van der Waals surface area contributed by atoms with Crippen molar-refractivity contribution in [1.82, 2.24) is 0 Å². The summed E-state index contributed by atoms with van der Waals surface area (Å²) in [6.07, 6.45) is -0.295. The van der Waals surface area contributed by atoms with Crippen LogP contribution in [0.15, 0.2) is 18.2 Å². The van der Waals surface area contributed by atoms with Crippen molar-refractivity contribution in [3.8, 4) is 5.75 Å². The highest BCUT2D eigenvalue weighted by Gasteiger charge is 2.20. The molecule has 4 nitrogen and oxygen atoms in total. The third kappa shape index (κ3) is 3.63. The lowest BCUT2D eigenvalue weighted by Crippen LogP contribution is -2.11. The fraction of sp³-hybridized carbons (Fsp3) is 0.455. The van der Waals surface area contributed by atoms with Gasteiger partial charge in [-0.2, -0.15) is 0 Å². The molecule has 0 unspecified atom stereocenters. The normalized spacial score (nSPS) is 12.8. The van der Waals surface area contributed by atoms with E-state index in [-0.39, 0.29) is 17.3 Å². The molecule has 0 radical (unpaired) electrons. The first kappa shape index (κ1) is 13.2. The molecule has 0 atom stereocenters. The van der Waals surface area contributed by atoms with Gasteiger partial charge in [0.15, 0.2) is 0 Å². The maximum absolute atomic E-state index is 10.9. The van der Waals surface area contributed by atoms with Gasteiger partial charge in [0.1, 0.15) is 5.75 Å². The van der Waals surface area contributed by atoms with Gasteiger partial charge in [0, 0.05) is 0 Å². The van der Waals surface area contributed by atoms with Crippen LogP contribution in [-0.2, 0) is 16.1 Å².